The number of nitrogens with zero attached hydrogens (tertiary/aromatic N) is 1. The van der Waals surface area contributed by atoms with Crippen molar-refractivity contribution in [3.63, 3.8) is 0 Å². The van der Waals surface area contributed by atoms with Crippen LogP contribution in [0, 0.1) is 0 Å². The highest BCUT2D eigenvalue weighted by Gasteiger charge is 2.10. The van der Waals surface area contributed by atoms with Gasteiger partial charge < -0.3 is 19.7 Å². The second kappa shape index (κ2) is 10.1. The predicted molar refractivity (Wildman–Crippen MR) is 96.5 cm³/mol. The quantitative estimate of drug-likeness (QED) is 0.648. The van der Waals surface area contributed by atoms with Gasteiger partial charge in [0, 0.05) is 19.2 Å². The number of pyridine rings is 1. The zero-order chi connectivity index (χ0) is 18.1. The van der Waals surface area contributed by atoms with Crippen molar-refractivity contribution in [1.29, 1.82) is 0 Å². The van der Waals surface area contributed by atoms with Crippen LogP contribution in [0.4, 0.5) is 0 Å². The molecule has 2 aromatic rings. The summed E-state index contributed by atoms with van der Waals surface area (Å²) >= 11 is 0. The molecular weight excluding hydrogens is 318 g/mol. The van der Waals surface area contributed by atoms with Crippen molar-refractivity contribution in [3.05, 3.63) is 59.4 Å². The number of rotatable bonds is 10. The number of ether oxygens (including phenoxy) is 2. The van der Waals surface area contributed by atoms with Crippen molar-refractivity contribution in [2.24, 2.45) is 0 Å². The molecule has 136 valence electrons. The molecule has 2 N–H and O–H groups in total. The summed E-state index contributed by atoms with van der Waals surface area (Å²) in [4.78, 5) is 4.27. The van der Waals surface area contributed by atoms with Gasteiger partial charge in [0.15, 0.2) is 6.29 Å². The molecular formula is C20H27NO4. The molecule has 0 aliphatic carbocycles. The molecule has 5 heteroatoms. The molecule has 1 heterocycles. The van der Waals surface area contributed by atoms with Crippen molar-refractivity contribution >= 4 is 0 Å². The number of aliphatic hydroxyl groups excluding tert-OH is 2. The van der Waals surface area contributed by atoms with Crippen LogP contribution >= 0.6 is 0 Å². The zero-order valence-electron chi connectivity index (χ0n) is 14.9. The molecule has 0 aliphatic rings. The van der Waals surface area contributed by atoms with E-state index in [2.05, 4.69) is 11.9 Å². The third-order valence-corrected chi connectivity index (χ3v) is 3.97. The number of aromatic nitrogens is 1. The Bertz CT molecular complexity index is 613. The molecule has 0 amide bonds. The summed E-state index contributed by atoms with van der Waals surface area (Å²) in [5.41, 5.74) is 2.85. The van der Waals surface area contributed by atoms with Gasteiger partial charge in [0.1, 0.15) is 18.5 Å². The Labute approximate surface area is 149 Å². The Morgan fingerprint density at radius 3 is 2.32 bits per heavy atom. The largest absolute Gasteiger partial charge is 0.490 e. The lowest BCUT2D eigenvalue weighted by Crippen LogP contribution is -2.12. The second-order valence-corrected chi connectivity index (χ2v) is 5.86. The number of aliphatic hydroxyl groups is 2. The van der Waals surface area contributed by atoms with Crippen LogP contribution in [0.1, 0.15) is 43.2 Å². The van der Waals surface area contributed by atoms with Gasteiger partial charge in [0.25, 0.3) is 0 Å². The highest BCUT2D eigenvalue weighted by atomic mass is 16.6. The molecule has 0 aliphatic heterocycles. The van der Waals surface area contributed by atoms with E-state index in [4.69, 9.17) is 9.47 Å². The number of benzene rings is 1. The van der Waals surface area contributed by atoms with Crippen LogP contribution in [0.15, 0.2) is 42.6 Å². The summed E-state index contributed by atoms with van der Waals surface area (Å²) in [6.07, 6.45) is 2.52. The molecule has 1 aromatic heterocycles. The maximum absolute atomic E-state index is 10.2. The summed E-state index contributed by atoms with van der Waals surface area (Å²) in [5, 5.41) is 19.7. The molecule has 0 fully saturated rings. The average Bonchev–Trinajstić information content (AvgIpc) is 2.65. The van der Waals surface area contributed by atoms with Crippen LogP contribution in [0.3, 0.4) is 0 Å². The average molecular weight is 345 g/mol. The van der Waals surface area contributed by atoms with Gasteiger partial charge in [-0.25, -0.2) is 0 Å². The minimum absolute atomic E-state index is 0.154. The molecule has 0 spiro atoms. The van der Waals surface area contributed by atoms with Crippen LogP contribution in [0.2, 0.25) is 0 Å². The van der Waals surface area contributed by atoms with E-state index in [1.54, 1.807) is 6.20 Å². The molecule has 1 aromatic carbocycles. The third-order valence-electron chi connectivity index (χ3n) is 3.97. The first kappa shape index (κ1) is 19.4. The zero-order valence-corrected chi connectivity index (χ0v) is 14.9. The van der Waals surface area contributed by atoms with Gasteiger partial charge in [-0.15, -0.1) is 0 Å². The maximum Gasteiger partial charge on any atom is 0.154 e. The first-order valence-corrected chi connectivity index (χ1v) is 8.76. The highest BCUT2D eigenvalue weighted by Crippen LogP contribution is 2.17. The number of hydrogen-bond donors (Lipinski definition) is 2. The molecule has 5 nitrogen and oxygen atoms in total. The minimum Gasteiger partial charge on any atom is -0.490 e. The molecule has 0 saturated carbocycles. The number of hydrogen-bond acceptors (Lipinski definition) is 5. The minimum atomic E-state index is -0.757. The fourth-order valence-corrected chi connectivity index (χ4v) is 2.42. The molecule has 2 rings (SSSR count). The molecule has 1 unspecified atom stereocenters. The van der Waals surface area contributed by atoms with Crippen LogP contribution in [-0.2, 0) is 17.6 Å². The van der Waals surface area contributed by atoms with Crippen LogP contribution in [0.25, 0.3) is 0 Å². The Morgan fingerprint density at radius 1 is 1.00 bits per heavy atom. The van der Waals surface area contributed by atoms with E-state index < -0.39 is 12.4 Å². The number of aryl methyl sites for hydroxylation is 2. The Balaban J connectivity index is 1.80. The van der Waals surface area contributed by atoms with Gasteiger partial charge in [0.05, 0.1) is 5.69 Å². The highest BCUT2D eigenvalue weighted by molar-refractivity contribution is 5.27. The van der Waals surface area contributed by atoms with Crippen molar-refractivity contribution in [1.82, 2.24) is 4.98 Å². The smallest absolute Gasteiger partial charge is 0.154 e. The molecule has 0 bridgehead atoms. The second-order valence-electron chi connectivity index (χ2n) is 5.86. The fraction of sp³-hybridized carbons (Fsp3) is 0.450. The standard InChI is InChI=1S/C20H27NO4/c1-3-15-7-11-18(21-13-15)19(22)14-25-17-9-5-16(6-10-17)8-12-20(23)24-4-2/h5-7,9-11,13,19-20,22-23H,3-4,8,12,14H2,1-2H3/t19-,20?/m1/s1. The van der Waals surface area contributed by atoms with Crippen molar-refractivity contribution in [3.8, 4) is 5.75 Å². The molecule has 0 saturated heterocycles. The Morgan fingerprint density at radius 2 is 1.72 bits per heavy atom. The van der Waals surface area contributed by atoms with Crippen LogP contribution in [-0.4, -0.2) is 34.7 Å². The van der Waals surface area contributed by atoms with E-state index in [0.717, 1.165) is 24.0 Å². The monoisotopic (exact) mass is 345 g/mol. The fourth-order valence-electron chi connectivity index (χ4n) is 2.42. The van der Waals surface area contributed by atoms with E-state index in [1.165, 1.54) is 0 Å². The topological polar surface area (TPSA) is 71.8 Å². The van der Waals surface area contributed by atoms with Gasteiger partial charge in [-0.05, 0) is 49.1 Å². The SMILES string of the molecule is CCOC(O)CCc1ccc(OC[C@@H](O)c2ccc(CC)cn2)cc1. The lowest BCUT2D eigenvalue weighted by molar-refractivity contribution is -0.0980. The van der Waals surface area contributed by atoms with Gasteiger partial charge in [-0.1, -0.05) is 25.1 Å². The summed E-state index contributed by atoms with van der Waals surface area (Å²) in [7, 11) is 0. The summed E-state index contributed by atoms with van der Waals surface area (Å²) in [6, 6.07) is 11.4. The molecule has 0 radical (unpaired) electrons. The summed E-state index contributed by atoms with van der Waals surface area (Å²) in [6.45, 7) is 4.59. The van der Waals surface area contributed by atoms with Crippen LogP contribution < -0.4 is 4.74 Å². The van der Waals surface area contributed by atoms with E-state index >= 15 is 0 Å². The van der Waals surface area contributed by atoms with Gasteiger partial charge >= 0.3 is 0 Å². The first-order valence-electron chi connectivity index (χ1n) is 8.76. The van der Waals surface area contributed by atoms with Crippen molar-refractivity contribution in [2.45, 2.75) is 45.5 Å². The van der Waals surface area contributed by atoms with E-state index in [-0.39, 0.29) is 6.61 Å². The summed E-state index contributed by atoms with van der Waals surface area (Å²) in [5.74, 6) is 0.693. The lowest BCUT2D eigenvalue weighted by atomic mass is 10.1. The van der Waals surface area contributed by atoms with Crippen molar-refractivity contribution in [2.75, 3.05) is 13.2 Å². The molecule has 25 heavy (non-hydrogen) atoms. The molecule has 2 atom stereocenters. The summed E-state index contributed by atoms with van der Waals surface area (Å²) < 4.78 is 10.7. The van der Waals surface area contributed by atoms with E-state index in [1.807, 2.05) is 43.3 Å². The van der Waals surface area contributed by atoms with E-state index in [9.17, 15) is 10.2 Å². The first-order chi connectivity index (χ1) is 12.1. The van der Waals surface area contributed by atoms with Gasteiger partial charge in [-0.3, -0.25) is 4.98 Å². The van der Waals surface area contributed by atoms with E-state index in [0.29, 0.717) is 24.5 Å². The Hall–Kier alpha value is -1.95. The Kier molecular flexibility index (Phi) is 7.85. The van der Waals surface area contributed by atoms with Gasteiger partial charge in [0.2, 0.25) is 0 Å². The third kappa shape index (κ3) is 6.46. The van der Waals surface area contributed by atoms with Gasteiger partial charge in [-0.2, -0.15) is 0 Å². The van der Waals surface area contributed by atoms with Crippen molar-refractivity contribution < 1.29 is 19.7 Å². The predicted octanol–water partition coefficient (Wildman–Crippen LogP) is 3.04. The normalized spacial score (nSPS) is 13.4. The maximum atomic E-state index is 10.2. The van der Waals surface area contributed by atoms with Crippen LogP contribution in [0.5, 0.6) is 5.75 Å². The lowest BCUT2D eigenvalue weighted by Gasteiger charge is -2.13.